The molecular weight excluding hydrogens is 270 g/mol. The number of nitrogens with one attached hydrogen (secondary N) is 1. The van der Waals surface area contributed by atoms with Gasteiger partial charge in [0, 0.05) is 23.6 Å². The Morgan fingerprint density at radius 2 is 1.95 bits per heavy atom. The molecule has 1 fully saturated rings. The smallest absolute Gasteiger partial charge is 0.228 e. The maximum atomic E-state index is 12.4. The molecular formula is C16H16NO4-. The van der Waals surface area contributed by atoms with Crippen molar-refractivity contribution in [2.45, 2.75) is 6.42 Å². The van der Waals surface area contributed by atoms with E-state index in [2.05, 4.69) is 5.32 Å². The molecule has 1 N–H and O–H groups in total. The Morgan fingerprint density at radius 3 is 2.62 bits per heavy atom. The predicted octanol–water partition coefficient (Wildman–Crippen LogP) is 0.822. The van der Waals surface area contributed by atoms with Crippen LogP contribution >= 0.6 is 0 Å². The van der Waals surface area contributed by atoms with Crippen LogP contribution in [0.15, 0.2) is 36.4 Å². The first-order valence-electron chi connectivity index (χ1n) is 6.94. The largest absolute Gasteiger partial charge is 0.550 e. The Labute approximate surface area is 122 Å². The summed E-state index contributed by atoms with van der Waals surface area (Å²) in [7, 11) is 1.55. The Morgan fingerprint density at radius 1 is 1.24 bits per heavy atom. The Balaban J connectivity index is 1.78. The molecule has 0 saturated heterocycles. The van der Waals surface area contributed by atoms with Gasteiger partial charge in [-0.05, 0) is 30.4 Å². The Bertz CT molecular complexity index is 610. The van der Waals surface area contributed by atoms with Crippen LogP contribution in [0.25, 0.3) is 0 Å². The van der Waals surface area contributed by atoms with E-state index in [9.17, 15) is 14.7 Å². The number of carbonyl (C=O) groups is 2. The van der Waals surface area contributed by atoms with Crippen molar-refractivity contribution in [3.05, 3.63) is 36.4 Å². The summed E-state index contributed by atoms with van der Waals surface area (Å²) in [6.07, 6.45) is 4.55. The fourth-order valence-electron chi connectivity index (χ4n) is 3.43. The molecule has 21 heavy (non-hydrogen) atoms. The van der Waals surface area contributed by atoms with Crippen molar-refractivity contribution >= 4 is 17.6 Å². The van der Waals surface area contributed by atoms with Crippen LogP contribution in [0, 0.1) is 23.7 Å². The van der Waals surface area contributed by atoms with Crippen molar-refractivity contribution in [1.29, 1.82) is 0 Å². The monoisotopic (exact) mass is 286 g/mol. The van der Waals surface area contributed by atoms with E-state index in [-0.39, 0.29) is 17.7 Å². The summed E-state index contributed by atoms with van der Waals surface area (Å²) < 4.78 is 5.10. The second-order valence-electron chi connectivity index (χ2n) is 5.54. The molecule has 2 aliphatic carbocycles. The summed E-state index contributed by atoms with van der Waals surface area (Å²) in [5, 5.41) is 14.1. The van der Waals surface area contributed by atoms with Gasteiger partial charge in [-0.1, -0.05) is 18.2 Å². The lowest BCUT2D eigenvalue weighted by Gasteiger charge is -2.27. The summed E-state index contributed by atoms with van der Waals surface area (Å²) >= 11 is 0. The number of carbonyl (C=O) groups excluding carboxylic acids is 2. The molecule has 110 valence electrons. The fraction of sp³-hybridized carbons (Fsp3) is 0.375. The maximum absolute atomic E-state index is 12.4. The van der Waals surface area contributed by atoms with Crippen LogP contribution in [0.4, 0.5) is 5.69 Å². The molecule has 5 heteroatoms. The number of methoxy groups -OCH3 is 1. The number of carboxylic acids is 1. The number of anilines is 1. The Hall–Kier alpha value is -2.30. The first-order chi connectivity index (χ1) is 10.1. The number of hydrogen-bond donors (Lipinski definition) is 1. The summed E-state index contributed by atoms with van der Waals surface area (Å²) in [4.78, 5) is 23.8. The molecule has 3 rings (SSSR count). The lowest BCUT2D eigenvalue weighted by Crippen LogP contribution is -2.42. The zero-order valence-corrected chi connectivity index (χ0v) is 11.6. The summed E-state index contributed by atoms with van der Waals surface area (Å²) in [6, 6.07) is 7.00. The van der Waals surface area contributed by atoms with E-state index in [0.29, 0.717) is 11.4 Å². The van der Waals surface area contributed by atoms with Crippen LogP contribution in [0.1, 0.15) is 6.42 Å². The highest BCUT2D eigenvalue weighted by molar-refractivity contribution is 5.96. The fourth-order valence-corrected chi connectivity index (χ4v) is 3.43. The minimum Gasteiger partial charge on any atom is -0.550 e. The van der Waals surface area contributed by atoms with Crippen molar-refractivity contribution in [1.82, 2.24) is 0 Å². The zero-order chi connectivity index (χ0) is 15.0. The maximum Gasteiger partial charge on any atom is 0.228 e. The van der Waals surface area contributed by atoms with Crippen molar-refractivity contribution in [2.24, 2.45) is 23.7 Å². The number of benzene rings is 1. The van der Waals surface area contributed by atoms with Gasteiger partial charge in [-0.25, -0.2) is 0 Å². The second kappa shape index (κ2) is 5.24. The number of rotatable bonds is 4. The van der Waals surface area contributed by atoms with Crippen LogP contribution in [0.5, 0.6) is 5.75 Å². The molecule has 1 aromatic carbocycles. The lowest BCUT2D eigenvalue weighted by molar-refractivity contribution is -0.313. The third kappa shape index (κ3) is 2.39. The minimum atomic E-state index is -1.14. The van der Waals surface area contributed by atoms with Crippen LogP contribution in [-0.4, -0.2) is 19.0 Å². The molecule has 2 aliphatic rings. The van der Waals surface area contributed by atoms with Crippen LogP contribution < -0.4 is 15.2 Å². The molecule has 5 nitrogen and oxygen atoms in total. The topological polar surface area (TPSA) is 78.5 Å². The highest BCUT2D eigenvalue weighted by Gasteiger charge is 2.48. The minimum absolute atomic E-state index is 0.0106. The first-order valence-corrected chi connectivity index (χ1v) is 6.94. The quantitative estimate of drug-likeness (QED) is 0.831. The molecule has 1 saturated carbocycles. The predicted molar refractivity (Wildman–Crippen MR) is 74.3 cm³/mol. The SMILES string of the molecule is COc1cccc(NC(=O)[C@H]2[C@@H](C(=O)[O-])[C@H]3C=C[C@@H]2C3)c1. The number of hydrogen-bond acceptors (Lipinski definition) is 4. The number of allylic oxidation sites excluding steroid dienone is 2. The van der Waals surface area contributed by atoms with Crippen LogP contribution in [-0.2, 0) is 9.59 Å². The van der Waals surface area contributed by atoms with Gasteiger partial charge in [0.1, 0.15) is 5.75 Å². The van der Waals surface area contributed by atoms with Gasteiger partial charge in [0.05, 0.1) is 13.0 Å². The lowest BCUT2D eigenvalue weighted by atomic mass is 9.82. The number of ether oxygens (including phenoxy) is 1. The van der Waals surface area contributed by atoms with E-state index in [1.165, 1.54) is 0 Å². The average Bonchev–Trinajstić information content (AvgIpc) is 3.07. The second-order valence-corrected chi connectivity index (χ2v) is 5.54. The number of aliphatic carboxylic acids is 1. The van der Waals surface area contributed by atoms with Gasteiger partial charge >= 0.3 is 0 Å². The highest BCUT2D eigenvalue weighted by Crippen LogP contribution is 2.48. The van der Waals surface area contributed by atoms with Crippen LogP contribution in [0.2, 0.25) is 0 Å². The summed E-state index contributed by atoms with van der Waals surface area (Å²) in [5.74, 6) is -2.16. The van der Waals surface area contributed by atoms with Crippen molar-refractivity contribution in [3.8, 4) is 5.75 Å². The first kappa shape index (κ1) is 13.7. The van der Waals surface area contributed by atoms with Crippen LogP contribution in [0.3, 0.4) is 0 Å². The highest BCUT2D eigenvalue weighted by atomic mass is 16.5. The van der Waals surface area contributed by atoms with E-state index in [4.69, 9.17) is 4.74 Å². The molecule has 0 unspecified atom stereocenters. The molecule has 0 spiro atoms. The van der Waals surface area contributed by atoms with Gasteiger partial charge in [0.25, 0.3) is 0 Å². The molecule has 1 amide bonds. The third-order valence-corrected chi connectivity index (χ3v) is 4.37. The Kier molecular flexibility index (Phi) is 3.41. The van der Waals surface area contributed by atoms with Gasteiger partial charge in [-0.3, -0.25) is 4.79 Å². The third-order valence-electron chi connectivity index (χ3n) is 4.37. The summed E-state index contributed by atoms with van der Waals surface area (Å²) in [5.41, 5.74) is 0.600. The number of amides is 1. The van der Waals surface area contributed by atoms with Gasteiger partial charge in [0.2, 0.25) is 5.91 Å². The van der Waals surface area contributed by atoms with E-state index in [1.54, 1.807) is 31.4 Å². The summed E-state index contributed by atoms with van der Waals surface area (Å²) in [6.45, 7) is 0. The number of carboxylic acid groups (broad SMARTS) is 1. The van der Waals surface area contributed by atoms with Crippen molar-refractivity contribution in [3.63, 3.8) is 0 Å². The normalized spacial score (nSPS) is 29.4. The zero-order valence-electron chi connectivity index (χ0n) is 11.6. The van der Waals surface area contributed by atoms with Gasteiger partial charge < -0.3 is 20.0 Å². The van der Waals surface area contributed by atoms with Gasteiger partial charge in [-0.2, -0.15) is 0 Å². The molecule has 0 radical (unpaired) electrons. The van der Waals surface area contributed by atoms with E-state index in [1.807, 2.05) is 12.2 Å². The standard InChI is InChI=1S/C16H17NO4/c1-21-12-4-2-3-11(8-12)17-15(18)13-9-5-6-10(7-9)14(13)16(19)20/h2-6,8-10,13-14H,7H2,1H3,(H,17,18)(H,19,20)/p-1/t9-,10+,13-,14+/m1/s1. The molecule has 0 aromatic heterocycles. The van der Waals surface area contributed by atoms with E-state index in [0.717, 1.165) is 6.42 Å². The van der Waals surface area contributed by atoms with E-state index < -0.39 is 17.8 Å². The molecule has 2 bridgehead atoms. The van der Waals surface area contributed by atoms with Crippen molar-refractivity contribution in [2.75, 3.05) is 12.4 Å². The van der Waals surface area contributed by atoms with E-state index >= 15 is 0 Å². The molecule has 4 atom stereocenters. The van der Waals surface area contributed by atoms with Gasteiger partial charge in [-0.15, -0.1) is 0 Å². The molecule has 1 aromatic rings. The van der Waals surface area contributed by atoms with Gasteiger partial charge in [0.15, 0.2) is 0 Å². The van der Waals surface area contributed by atoms with Crippen molar-refractivity contribution < 1.29 is 19.4 Å². The molecule has 0 heterocycles. The molecule has 0 aliphatic heterocycles. The number of fused-ring (bicyclic) bond motifs is 2. The average molecular weight is 286 g/mol.